The van der Waals surface area contributed by atoms with Crippen LogP contribution in [0.3, 0.4) is 0 Å². The van der Waals surface area contributed by atoms with Gasteiger partial charge in [0.25, 0.3) is 0 Å². The third-order valence-electron chi connectivity index (χ3n) is 3.78. The van der Waals surface area contributed by atoms with Gasteiger partial charge in [-0.3, -0.25) is 5.43 Å². The Balaban J connectivity index is 1.61. The van der Waals surface area contributed by atoms with Crippen LogP contribution in [0.2, 0.25) is 0 Å². The van der Waals surface area contributed by atoms with Crippen molar-refractivity contribution in [1.29, 1.82) is 0 Å². The third kappa shape index (κ3) is 2.81. The molecule has 1 aromatic heterocycles. The fourth-order valence-corrected chi connectivity index (χ4v) is 3.34. The Labute approximate surface area is 138 Å². The van der Waals surface area contributed by atoms with Crippen molar-refractivity contribution in [1.82, 2.24) is 4.98 Å². The van der Waals surface area contributed by atoms with Gasteiger partial charge in [0.15, 0.2) is 0 Å². The smallest absolute Gasteiger partial charge is 0.204 e. The summed E-state index contributed by atoms with van der Waals surface area (Å²) in [5, 5.41) is 7.75. The highest BCUT2D eigenvalue weighted by atomic mass is 32.1. The summed E-state index contributed by atoms with van der Waals surface area (Å²) >= 11 is 1.61. The molecule has 3 nitrogen and oxygen atoms in total. The van der Waals surface area contributed by atoms with Crippen LogP contribution in [-0.2, 0) is 0 Å². The molecule has 1 N–H and O–H groups in total. The van der Waals surface area contributed by atoms with E-state index in [4.69, 9.17) is 0 Å². The average Bonchev–Trinajstić information content (AvgIpc) is 3.02. The summed E-state index contributed by atoms with van der Waals surface area (Å²) in [6.07, 6.45) is 0. The molecular formula is C19H15N3S. The molecular weight excluding hydrogens is 302 g/mol. The zero-order valence-electron chi connectivity index (χ0n) is 12.7. The van der Waals surface area contributed by atoms with Crippen LogP contribution in [0.5, 0.6) is 0 Å². The Bertz CT molecular complexity index is 984. The highest BCUT2D eigenvalue weighted by Gasteiger charge is 2.03. The van der Waals surface area contributed by atoms with Crippen LogP contribution >= 0.6 is 11.3 Å². The average molecular weight is 317 g/mol. The van der Waals surface area contributed by atoms with Crippen LogP contribution in [0.4, 0.5) is 5.13 Å². The van der Waals surface area contributed by atoms with Crippen LogP contribution in [0.15, 0.2) is 71.8 Å². The first-order valence-electron chi connectivity index (χ1n) is 7.45. The molecule has 4 aromatic rings. The Morgan fingerprint density at radius 1 is 0.957 bits per heavy atom. The van der Waals surface area contributed by atoms with Gasteiger partial charge in [-0.2, -0.15) is 5.10 Å². The molecule has 0 unspecified atom stereocenters. The van der Waals surface area contributed by atoms with Crippen molar-refractivity contribution in [3.05, 3.63) is 72.3 Å². The van der Waals surface area contributed by atoms with Crippen molar-refractivity contribution in [2.45, 2.75) is 6.92 Å². The van der Waals surface area contributed by atoms with Gasteiger partial charge < -0.3 is 0 Å². The summed E-state index contributed by atoms with van der Waals surface area (Å²) in [4.78, 5) is 4.53. The second-order valence-electron chi connectivity index (χ2n) is 5.36. The number of anilines is 1. The number of hydrazone groups is 1. The van der Waals surface area contributed by atoms with E-state index in [9.17, 15) is 0 Å². The molecule has 3 aromatic carbocycles. The number of para-hydroxylation sites is 1. The lowest BCUT2D eigenvalue weighted by Crippen LogP contribution is -1.99. The monoisotopic (exact) mass is 317 g/mol. The van der Waals surface area contributed by atoms with Gasteiger partial charge in [-0.15, -0.1) is 0 Å². The topological polar surface area (TPSA) is 37.3 Å². The molecule has 4 heteroatoms. The fourth-order valence-electron chi connectivity index (χ4n) is 2.53. The van der Waals surface area contributed by atoms with Crippen molar-refractivity contribution >= 4 is 43.2 Å². The zero-order chi connectivity index (χ0) is 15.6. The standard InChI is InChI=1S/C19H15N3S/c1-13(15-11-10-14-6-2-3-7-16(14)12-15)21-22-19-20-17-8-4-5-9-18(17)23-19/h2-12H,1H3,(H,20,22)/b21-13-. The van der Waals surface area contributed by atoms with Crippen molar-refractivity contribution in [2.75, 3.05) is 5.43 Å². The minimum absolute atomic E-state index is 0.811. The minimum Gasteiger partial charge on any atom is -0.252 e. The number of thiazole rings is 1. The number of nitrogens with zero attached hydrogens (tertiary/aromatic N) is 2. The lowest BCUT2D eigenvalue weighted by Gasteiger charge is -2.03. The molecule has 0 aliphatic carbocycles. The largest absolute Gasteiger partial charge is 0.252 e. The second-order valence-corrected chi connectivity index (χ2v) is 6.39. The molecule has 0 aliphatic heterocycles. The number of fused-ring (bicyclic) bond motifs is 2. The molecule has 0 bridgehead atoms. The normalized spacial score (nSPS) is 12.0. The fraction of sp³-hybridized carbons (Fsp3) is 0.0526. The predicted molar refractivity (Wildman–Crippen MR) is 99.4 cm³/mol. The zero-order valence-corrected chi connectivity index (χ0v) is 13.5. The van der Waals surface area contributed by atoms with E-state index in [0.29, 0.717) is 0 Å². The number of rotatable bonds is 3. The quantitative estimate of drug-likeness (QED) is 0.412. The van der Waals surface area contributed by atoms with Crippen LogP contribution < -0.4 is 5.43 Å². The van der Waals surface area contributed by atoms with Gasteiger partial charge in [0.05, 0.1) is 15.9 Å². The van der Waals surface area contributed by atoms with Crippen LogP contribution in [-0.4, -0.2) is 10.7 Å². The second kappa shape index (κ2) is 5.82. The van der Waals surface area contributed by atoms with E-state index in [1.807, 2.05) is 25.1 Å². The molecule has 0 aliphatic rings. The van der Waals surface area contributed by atoms with E-state index in [-0.39, 0.29) is 0 Å². The van der Waals surface area contributed by atoms with Crippen molar-refractivity contribution in [2.24, 2.45) is 5.10 Å². The molecule has 0 spiro atoms. The summed E-state index contributed by atoms with van der Waals surface area (Å²) in [5.74, 6) is 0. The molecule has 23 heavy (non-hydrogen) atoms. The minimum atomic E-state index is 0.811. The van der Waals surface area contributed by atoms with Crippen LogP contribution in [0.1, 0.15) is 12.5 Å². The Hall–Kier alpha value is -2.72. The molecule has 0 saturated heterocycles. The lowest BCUT2D eigenvalue weighted by atomic mass is 10.0. The molecule has 0 atom stereocenters. The van der Waals surface area contributed by atoms with E-state index in [1.165, 1.54) is 10.8 Å². The first-order valence-corrected chi connectivity index (χ1v) is 8.26. The molecule has 0 amide bonds. The number of aromatic nitrogens is 1. The van der Waals surface area contributed by atoms with E-state index in [1.54, 1.807) is 11.3 Å². The number of hydrogen-bond acceptors (Lipinski definition) is 4. The summed E-state index contributed by atoms with van der Waals surface area (Å²) in [6, 6.07) is 22.8. The Kier molecular flexibility index (Phi) is 3.52. The molecule has 0 saturated carbocycles. The maximum atomic E-state index is 4.53. The van der Waals surface area contributed by atoms with E-state index in [0.717, 1.165) is 26.6 Å². The van der Waals surface area contributed by atoms with Crippen molar-refractivity contribution < 1.29 is 0 Å². The molecule has 1 heterocycles. The maximum Gasteiger partial charge on any atom is 0.204 e. The van der Waals surface area contributed by atoms with E-state index >= 15 is 0 Å². The molecule has 0 fully saturated rings. The lowest BCUT2D eigenvalue weighted by molar-refractivity contribution is 1.29. The first-order chi connectivity index (χ1) is 11.3. The van der Waals surface area contributed by atoms with Gasteiger partial charge in [-0.05, 0) is 41.5 Å². The highest BCUT2D eigenvalue weighted by Crippen LogP contribution is 2.25. The van der Waals surface area contributed by atoms with Gasteiger partial charge in [-0.25, -0.2) is 4.98 Å². The maximum absolute atomic E-state index is 4.53. The van der Waals surface area contributed by atoms with Gasteiger partial charge in [0.2, 0.25) is 5.13 Å². The Morgan fingerprint density at radius 3 is 2.61 bits per heavy atom. The van der Waals surface area contributed by atoms with E-state index in [2.05, 4.69) is 64.0 Å². The van der Waals surface area contributed by atoms with Crippen LogP contribution in [0.25, 0.3) is 21.0 Å². The molecule has 0 radical (unpaired) electrons. The number of benzene rings is 3. The number of hydrogen-bond donors (Lipinski definition) is 1. The van der Waals surface area contributed by atoms with Gasteiger partial charge >= 0.3 is 0 Å². The molecule has 112 valence electrons. The highest BCUT2D eigenvalue weighted by molar-refractivity contribution is 7.22. The van der Waals surface area contributed by atoms with Crippen molar-refractivity contribution in [3.63, 3.8) is 0 Å². The van der Waals surface area contributed by atoms with Crippen LogP contribution in [0, 0.1) is 0 Å². The molecule has 4 rings (SSSR count). The van der Waals surface area contributed by atoms with Gasteiger partial charge in [0.1, 0.15) is 0 Å². The van der Waals surface area contributed by atoms with Gasteiger partial charge in [0, 0.05) is 0 Å². The Morgan fingerprint density at radius 2 is 1.74 bits per heavy atom. The number of nitrogens with one attached hydrogen (secondary N) is 1. The summed E-state index contributed by atoms with van der Waals surface area (Å²) in [7, 11) is 0. The third-order valence-corrected chi connectivity index (χ3v) is 4.72. The summed E-state index contributed by atoms with van der Waals surface area (Å²) in [6.45, 7) is 2.00. The first kappa shape index (κ1) is 13.9. The SMILES string of the molecule is C/C(=N/Nc1nc2ccccc2s1)c1ccc2ccccc2c1. The van der Waals surface area contributed by atoms with Gasteiger partial charge in [-0.1, -0.05) is 59.9 Å². The summed E-state index contributed by atoms with van der Waals surface area (Å²) < 4.78 is 1.16. The summed E-state index contributed by atoms with van der Waals surface area (Å²) in [5.41, 5.74) is 6.12. The van der Waals surface area contributed by atoms with E-state index < -0.39 is 0 Å². The van der Waals surface area contributed by atoms with Crippen molar-refractivity contribution in [3.8, 4) is 0 Å². The predicted octanol–water partition coefficient (Wildman–Crippen LogP) is 5.29.